The van der Waals surface area contributed by atoms with Gasteiger partial charge in [-0.15, -0.1) is 0 Å². The number of ether oxygens (including phenoxy) is 3. The Kier molecular flexibility index (Phi) is 4.74. The molecule has 8 nitrogen and oxygen atoms in total. The molecule has 0 saturated carbocycles. The van der Waals surface area contributed by atoms with E-state index in [0.717, 1.165) is 0 Å². The number of methoxy groups -OCH3 is 2. The third kappa shape index (κ3) is 2.55. The molecule has 1 aliphatic rings. The van der Waals surface area contributed by atoms with Crippen LogP contribution in [0.1, 0.15) is 15.9 Å². The highest BCUT2D eigenvalue weighted by atomic mass is 16.7. The van der Waals surface area contributed by atoms with E-state index in [1.54, 1.807) is 24.3 Å². The van der Waals surface area contributed by atoms with Crippen molar-refractivity contribution in [2.24, 2.45) is 5.73 Å². The van der Waals surface area contributed by atoms with Gasteiger partial charge in [-0.25, -0.2) is 4.79 Å². The number of allylic oxidation sites excluding steroid dienone is 1. The zero-order chi connectivity index (χ0) is 18.6. The third-order valence-electron chi connectivity index (χ3n) is 3.64. The molecule has 0 aliphatic carbocycles. The Labute approximate surface area is 143 Å². The molecule has 1 unspecified atom stereocenters. The highest BCUT2D eigenvalue weighted by Gasteiger charge is 2.51. The molecule has 1 aromatic carbocycles. The Morgan fingerprint density at radius 1 is 1.20 bits per heavy atom. The van der Waals surface area contributed by atoms with Gasteiger partial charge in [0.2, 0.25) is 5.88 Å². The smallest absolute Gasteiger partial charge is 0.338 e. The van der Waals surface area contributed by atoms with Crippen LogP contribution in [0.15, 0.2) is 46.9 Å². The summed E-state index contributed by atoms with van der Waals surface area (Å²) in [4.78, 5) is 12.1. The second kappa shape index (κ2) is 6.76. The number of carbonyl (C=O) groups is 1. The van der Waals surface area contributed by atoms with Crippen LogP contribution in [0.4, 0.5) is 0 Å². The van der Waals surface area contributed by atoms with E-state index in [9.17, 15) is 20.6 Å². The summed E-state index contributed by atoms with van der Waals surface area (Å²) in [7, 11) is 2.45. The fourth-order valence-corrected chi connectivity index (χ4v) is 2.58. The number of carbonyl (C=O) groups excluding carboxylic acids is 1. The van der Waals surface area contributed by atoms with Crippen LogP contribution in [-0.2, 0) is 20.0 Å². The van der Waals surface area contributed by atoms with Crippen LogP contribution in [-0.4, -0.2) is 20.2 Å². The van der Waals surface area contributed by atoms with Gasteiger partial charge in [0.05, 0.1) is 18.2 Å². The summed E-state index contributed by atoms with van der Waals surface area (Å²) in [5.41, 5.74) is 5.20. The van der Waals surface area contributed by atoms with Crippen LogP contribution < -0.4 is 5.73 Å². The molecule has 1 heterocycles. The van der Waals surface area contributed by atoms with E-state index >= 15 is 0 Å². The van der Waals surface area contributed by atoms with Gasteiger partial charge in [-0.2, -0.15) is 15.8 Å². The van der Waals surface area contributed by atoms with E-state index in [2.05, 4.69) is 0 Å². The number of hydrogen-bond donors (Lipinski definition) is 1. The van der Waals surface area contributed by atoms with Gasteiger partial charge in [0.1, 0.15) is 29.4 Å². The molecule has 0 saturated heterocycles. The molecule has 2 rings (SSSR count). The number of nitrogens with zero attached hydrogens (tertiary/aromatic N) is 3. The summed E-state index contributed by atoms with van der Waals surface area (Å²) < 4.78 is 15.8. The van der Waals surface area contributed by atoms with Crippen LogP contribution in [0, 0.1) is 34.0 Å². The minimum Gasteiger partial charge on any atom is -0.465 e. The van der Waals surface area contributed by atoms with Crippen molar-refractivity contribution in [3.8, 4) is 18.2 Å². The van der Waals surface area contributed by atoms with Gasteiger partial charge in [-0.3, -0.25) is 0 Å². The van der Waals surface area contributed by atoms with Crippen molar-refractivity contribution >= 4 is 5.97 Å². The minimum atomic E-state index is -1.90. The fourth-order valence-electron chi connectivity index (χ4n) is 2.58. The summed E-state index contributed by atoms with van der Waals surface area (Å²) in [6.45, 7) is 0. The molecule has 0 fully saturated rings. The maximum atomic E-state index is 12.1. The Hall–Kier alpha value is -3.80. The van der Waals surface area contributed by atoms with E-state index in [1.807, 2.05) is 6.07 Å². The first-order valence-electron chi connectivity index (χ1n) is 6.87. The number of nitrogens with two attached hydrogens (primary N) is 1. The van der Waals surface area contributed by atoms with Crippen LogP contribution in [0.3, 0.4) is 0 Å². The normalized spacial score (nSPS) is 18.6. The topological polar surface area (TPSA) is 142 Å². The molecular weight excluding hydrogens is 324 g/mol. The lowest BCUT2D eigenvalue weighted by atomic mass is 9.87. The van der Waals surface area contributed by atoms with Crippen molar-refractivity contribution in [3.63, 3.8) is 0 Å². The van der Waals surface area contributed by atoms with Crippen molar-refractivity contribution in [2.45, 2.75) is 5.79 Å². The Balaban J connectivity index is 2.90. The standard InChI is InChI=1S/C17H12N4O4/c1-23-16(22)11-5-3-4-6-13(11)17(24-2)14(10(7-18)8-19)12(9-20)15(21)25-17/h3-6H,21H2,1-2H3. The first kappa shape index (κ1) is 17.6. The highest BCUT2D eigenvalue weighted by molar-refractivity contribution is 5.91. The molecule has 1 atom stereocenters. The predicted octanol–water partition coefficient (Wildman–Crippen LogP) is 1.34. The van der Waals surface area contributed by atoms with Crippen LogP contribution in [0.25, 0.3) is 0 Å². The van der Waals surface area contributed by atoms with Crippen molar-refractivity contribution in [3.05, 3.63) is 58.0 Å². The highest BCUT2D eigenvalue weighted by Crippen LogP contribution is 2.47. The predicted molar refractivity (Wildman–Crippen MR) is 82.6 cm³/mol. The van der Waals surface area contributed by atoms with Crippen LogP contribution >= 0.6 is 0 Å². The molecule has 0 spiro atoms. The molecule has 25 heavy (non-hydrogen) atoms. The Bertz CT molecular complexity index is 911. The van der Waals surface area contributed by atoms with Crippen molar-refractivity contribution in [2.75, 3.05) is 14.2 Å². The minimum absolute atomic E-state index is 0.0755. The summed E-state index contributed by atoms with van der Waals surface area (Å²) in [5, 5.41) is 27.9. The third-order valence-corrected chi connectivity index (χ3v) is 3.64. The van der Waals surface area contributed by atoms with E-state index in [0.29, 0.717) is 0 Å². The largest absolute Gasteiger partial charge is 0.465 e. The van der Waals surface area contributed by atoms with Gasteiger partial charge in [0.25, 0.3) is 5.79 Å². The molecule has 1 aromatic rings. The van der Waals surface area contributed by atoms with E-state index in [4.69, 9.17) is 19.9 Å². The number of rotatable bonds is 3. The first-order valence-corrected chi connectivity index (χ1v) is 6.87. The summed E-state index contributed by atoms with van der Waals surface area (Å²) in [5.74, 6) is -2.91. The molecule has 124 valence electrons. The van der Waals surface area contributed by atoms with Gasteiger partial charge in [-0.1, -0.05) is 18.2 Å². The lowest BCUT2D eigenvalue weighted by Crippen LogP contribution is -2.34. The maximum absolute atomic E-state index is 12.1. The van der Waals surface area contributed by atoms with Gasteiger partial charge in [0, 0.05) is 12.7 Å². The number of nitriles is 3. The first-order chi connectivity index (χ1) is 12.0. The zero-order valence-corrected chi connectivity index (χ0v) is 13.4. The summed E-state index contributed by atoms with van der Waals surface area (Å²) in [6, 6.07) is 11.4. The number of hydrogen-bond acceptors (Lipinski definition) is 8. The number of esters is 1. The molecule has 0 bridgehead atoms. The molecule has 8 heteroatoms. The van der Waals surface area contributed by atoms with Crippen molar-refractivity contribution < 1.29 is 19.0 Å². The maximum Gasteiger partial charge on any atom is 0.338 e. The Morgan fingerprint density at radius 2 is 1.84 bits per heavy atom. The van der Waals surface area contributed by atoms with Gasteiger partial charge in [-0.05, 0) is 6.07 Å². The monoisotopic (exact) mass is 336 g/mol. The van der Waals surface area contributed by atoms with Crippen molar-refractivity contribution in [1.82, 2.24) is 0 Å². The van der Waals surface area contributed by atoms with Crippen molar-refractivity contribution in [1.29, 1.82) is 15.8 Å². The van der Waals surface area contributed by atoms with Crippen LogP contribution in [0.5, 0.6) is 0 Å². The second-order valence-corrected chi connectivity index (χ2v) is 4.78. The van der Waals surface area contributed by atoms with E-state index < -0.39 is 17.3 Å². The second-order valence-electron chi connectivity index (χ2n) is 4.78. The van der Waals surface area contributed by atoms with Gasteiger partial charge >= 0.3 is 5.97 Å². The fraction of sp³-hybridized carbons (Fsp3) is 0.176. The van der Waals surface area contributed by atoms with E-state index in [-0.39, 0.29) is 28.2 Å². The Morgan fingerprint density at radius 3 is 2.36 bits per heavy atom. The molecule has 0 aromatic heterocycles. The van der Waals surface area contributed by atoms with Crippen LogP contribution in [0.2, 0.25) is 0 Å². The SMILES string of the molecule is COC(=O)c1ccccc1C1(OC)OC(N)=C(C#N)C1=C(C#N)C#N. The lowest BCUT2D eigenvalue weighted by Gasteiger charge is -2.30. The molecule has 0 amide bonds. The van der Waals surface area contributed by atoms with Gasteiger partial charge < -0.3 is 19.9 Å². The zero-order valence-electron chi connectivity index (χ0n) is 13.4. The summed E-state index contributed by atoms with van der Waals surface area (Å²) in [6.07, 6.45) is 0. The molecule has 2 N–H and O–H groups in total. The summed E-state index contributed by atoms with van der Waals surface area (Å²) >= 11 is 0. The van der Waals surface area contributed by atoms with E-state index in [1.165, 1.54) is 26.4 Å². The number of benzene rings is 1. The molecule has 1 aliphatic heterocycles. The molecule has 0 radical (unpaired) electrons. The lowest BCUT2D eigenvalue weighted by molar-refractivity contribution is -0.167. The molecular formula is C17H12N4O4. The average molecular weight is 336 g/mol. The van der Waals surface area contributed by atoms with Gasteiger partial charge in [0.15, 0.2) is 0 Å². The average Bonchev–Trinajstić information content (AvgIpc) is 2.94. The quantitative estimate of drug-likeness (QED) is 0.643.